The molecule has 3 nitrogen and oxygen atoms in total. The van der Waals surface area contributed by atoms with Crippen molar-refractivity contribution in [3.8, 4) is 0 Å². The Balaban J connectivity index is 2.34. The van der Waals surface area contributed by atoms with Crippen molar-refractivity contribution in [2.75, 3.05) is 0 Å². The van der Waals surface area contributed by atoms with Crippen LogP contribution in [0.2, 0.25) is 0 Å². The molecule has 2 aromatic rings. The summed E-state index contributed by atoms with van der Waals surface area (Å²) in [6.07, 6.45) is 1.76. The van der Waals surface area contributed by atoms with E-state index in [9.17, 15) is 8.42 Å². The Morgan fingerprint density at radius 3 is 2.18 bits per heavy atom. The quantitative estimate of drug-likeness (QED) is 0.823. The van der Waals surface area contributed by atoms with Crippen molar-refractivity contribution in [1.29, 1.82) is 0 Å². The van der Waals surface area contributed by atoms with Gasteiger partial charge in [-0.05, 0) is 30.5 Å². The summed E-state index contributed by atoms with van der Waals surface area (Å²) < 4.78 is 28.0. The maximum absolute atomic E-state index is 12.6. The third kappa shape index (κ3) is 3.84. The van der Waals surface area contributed by atoms with Gasteiger partial charge in [0.2, 0.25) is 10.0 Å². The van der Waals surface area contributed by atoms with Gasteiger partial charge in [-0.15, -0.1) is 6.58 Å². The van der Waals surface area contributed by atoms with Crippen LogP contribution in [-0.2, 0) is 10.0 Å². The highest BCUT2D eigenvalue weighted by atomic mass is 32.2. The van der Waals surface area contributed by atoms with E-state index in [1.165, 1.54) is 0 Å². The summed E-state index contributed by atoms with van der Waals surface area (Å²) in [5, 5.41) is 0. The van der Waals surface area contributed by atoms with Gasteiger partial charge in [-0.2, -0.15) is 0 Å². The number of nitrogens with one attached hydrogen (secondary N) is 1. The maximum atomic E-state index is 12.6. The van der Waals surface area contributed by atoms with Gasteiger partial charge in [0, 0.05) is 0 Å². The Morgan fingerprint density at radius 2 is 1.64 bits per heavy atom. The molecule has 0 saturated heterocycles. The van der Waals surface area contributed by atoms with E-state index >= 15 is 0 Å². The average molecular weight is 315 g/mol. The van der Waals surface area contributed by atoms with E-state index in [1.807, 2.05) is 44.2 Å². The van der Waals surface area contributed by atoms with Gasteiger partial charge in [0.15, 0.2) is 0 Å². The van der Waals surface area contributed by atoms with Crippen molar-refractivity contribution in [3.63, 3.8) is 0 Å². The van der Waals surface area contributed by atoms with Gasteiger partial charge in [-0.1, -0.05) is 61.0 Å². The van der Waals surface area contributed by atoms with Crippen LogP contribution in [0.15, 0.2) is 72.1 Å². The first-order valence-electron chi connectivity index (χ1n) is 7.20. The fourth-order valence-electron chi connectivity index (χ4n) is 2.23. The van der Waals surface area contributed by atoms with Crippen molar-refractivity contribution in [1.82, 2.24) is 4.72 Å². The van der Waals surface area contributed by atoms with E-state index < -0.39 is 10.0 Å². The molecule has 0 aliphatic rings. The third-order valence-electron chi connectivity index (χ3n) is 3.67. The Labute approximate surface area is 132 Å². The molecule has 0 amide bonds. The summed E-state index contributed by atoms with van der Waals surface area (Å²) in [7, 11) is -3.58. The summed E-state index contributed by atoms with van der Waals surface area (Å²) in [6.45, 7) is 7.66. The molecule has 0 aliphatic carbocycles. The first-order valence-corrected chi connectivity index (χ1v) is 8.69. The highest BCUT2D eigenvalue weighted by Crippen LogP contribution is 2.25. The Kier molecular flexibility index (Phi) is 5.16. The molecule has 0 radical (unpaired) electrons. The predicted molar refractivity (Wildman–Crippen MR) is 90.0 cm³/mol. The van der Waals surface area contributed by atoms with E-state index in [0.717, 1.165) is 11.1 Å². The molecule has 0 heterocycles. The first-order chi connectivity index (χ1) is 10.4. The monoisotopic (exact) mass is 315 g/mol. The Bertz CT molecular complexity index is 721. The van der Waals surface area contributed by atoms with Crippen LogP contribution in [0.5, 0.6) is 0 Å². The number of benzene rings is 2. The minimum absolute atomic E-state index is 0.0253. The molecule has 0 saturated carbocycles. The molecule has 0 bridgehead atoms. The second-order valence-corrected chi connectivity index (χ2v) is 7.13. The second-order valence-electron chi connectivity index (χ2n) is 5.42. The number of hydrogen-bond acceptors (Lipinski definition) is 2. The van der Waals surface area contributed by atoms with Crippen LogP contribution in [0, 0.1) is 12.8 Å². The van der Waals surface area contributed by atoms with Gasteiger partial charge in [-0.25, -0.2) is 13.1 Å². The largest absolute Gasteiger partial charge is 0.241 e. The molecule has 22 heavy (non-hydrogen) atoms. The number of hydrogen-bond donors (Lipinski definition) is 1. The lowest BCUT2D eigenvalue weighted by Gasteiger charge is -2.23. The van der Waals surface area contributed by atoms with Gasteiger partial charge in [-0.3, -0.25) is 0 Å². The fourth-order valence-corrected chi connectivity index (χ4v) is 3.54. The molecule has 1 N–H and O–H groups in total. The summed E-state index contributed by atoms with van der Waals surface area (Å²) in [5.74, 6) is -0.0253. The topological polar surface area (TPSA) is 46.2 Å². The average Bonchev–Trinajstić information content (AvgIpc) is 2.53. The fraction of sp³-hybridized carbons (Fsp3) is 0.222. The number of aryl methyl sites for hydroxylation is 1. The van der Waals surface area contributed by atoms with Crippen molar-refractivity contribution in [2.45, 2.75) is 24.8 Å². The van der Waals surface area contributed by atoms with Gasteiger partial charge < -0.3 is 0 Å². The van der Waals surface area contributed by atoms with Crippen LogP contribution in [0.1, 0.15) is 24.1 Å². The molecule has 2 rings (SSSR count). The standard InChI is InChI=1S/C18H21NO2S/c1-4-15(3)18(16-8-6-5-7-9-16)19-22(20,21)17-12-10-14(2)11-13-17/h4-13,15,18-19H,1H2,2-3H3. The van der Waals surface area contributed by atoms with Crippen LogP contribution < -0.4 is 4.72 Å². The van der Waals surface area contributed by atoms with Crippen molar-refractivity contribution < 1.29 is 8.42 Å². The summed E-state index contributed by atoms with van der Waals surface area (Å²) in [6, 6.07) is 16.0. The minimum Gasteiger partial charge on any atom is -0.207 e. The molecule has 2 aromatic carbocycles. The molecular formula is C18H21NO2S. The molecule has 0 fully saturated rings. The lowest BCUT2D eigenvalue weighted by Crippen LogP contribution is -2.32. The van der Waals surface area contributed by atoms with E-state index in [-0.39, 0.29) is 16.9 Å². The lowest BCUT2D eigenvalue weighted by atomic mass is 9.96. The van der Waals surface area contributed by atoms with Gasteiger partial charge >= 0.3 is 0 Å². The number of rotatable bonds is 6. The molecule has 0 spiro atoms. The van der Waals surface area contributed by atoms with Crippen LogP contribution in [0.25, 0.3) is 0 Å². The zero-order chi connectivity index (χ0) is 16.2. The molecular weight excluding hydrogens is 294 g/mol. The van der Waals surface area contributed by atoms with E-state index in [2.05, 4.69) is 11.3 Å². The summed E-state index contributed by atoms with van der Waals surface area (Å²) >= 11 is 0. The van der Waals surface area contributed by atoms with Crippen LogP contribution in [0.4, 0.5) is 0 Å². The van der Waals surface area contributed by atoms with Crippen molar-refractivity contribution >= 4 is 10.0 Å². The van der Waals surface area contributed by atoms with Gasteiger partial charge in [0.25, 0.3) is 0 Å². The molecule has 0 aliphatic heterocycles. The van der Waals surface area contributed by atoms with Gasteiger partial charge in [0.1, 0.15) is 0 Å². The van der Waals surface area contributed by atoms with Crippen LogP contribution in [-0.4, -0.2) is 8.42 Å². The second kappa shape index (κ2) is 6.90. The zero-order valence-corrected chi connectivity index (χ0v) is 13.7. The summed E-state index contributed by atoms with van der Waals surface area (Å²) in [5.41, 5.74) is 1.95. The maximum Gasteiger partial charge on any atom is 0.241 e. The smallest absolute Gasteiger partial charge is 0.207 e. The number of sulfonamides is 1. The zero-order valence-electron chi connectivity index (χ0n) is 12.9. The Hall–Kier alpha value is -1.91. The van der Waals surface area contributed by atoms with Crippen LogP contribution >= 0.6 is 0 Å². The van der Waals surface area contributed by atoms with E-state index in [0.29, 0.717) is 0 Å². The van der Waals surface area contributed by atoms with Crippen molar-refractivity contribution in [3.05, 3.63) is 78.4 Å². The summed E-state index contributed by atoms with van der Waals surface area (Å²) in [4.78, 5) is 0.273. The molecule has 2 atom stereocenters. The first kappa shape index (κ1) is 16.5. The Morgan fingerprint density at radius 1 is 1.05 bits per heavy atom. The molecule has 116 valence electrons. The van der Waals surface area contributed by atoms with Crippen LogP contribution in [0.3, 0.4) is 0 Å². The lowest BCUT2D eigenvalue weighted by molar-refractivity contribution is 0.498. The highest BCUT2D eigenvalue weighted by molar-refractivity contribution is 7.89. The predicted octanol–water partition coefficient (Wildman–Crippen LogP) is 3.84. The van der Waals surface area contributed by atoms with Crippen molar-refractivity contribution in [2.24, 2.45) is 5.92 Å². The SMILES string of the molecule is C=CC(C)C(NS(=O)(=O)c1ccc(C)cc1)c1ccccc1. The molecule has 0 aromatic heterocycles. The minimum atomic E-state index is -3.58. The third-order valence-corrected chi connectivity index (χ3v) is 5.13. The van der Waals surface area contributed by atoms with E-state index in [1.54, 1.807) is 30.3 Å². The molecule has 2 unspecified atom stereocenters. The highest BCUT2D eigenvalue weighted by Gasteiger charge is 2.24. The van der Waals surface area contributed by atoms with Gasteiger partial charge in [0.05, 0.1) is 10.9 Å². The molecule has 4 heteroatoms. The normalized spacial score (nSPS) is 14.3. The van der Waals surface area contributed by atoms with E-state index in [4.69, 9.17) is 0 Å².